The van der Waals surface area contributed by atoms with Gasteiger partial charge in [-0.25, -0.2) is 0 Å². The Morgan fingerprint density at radius 2 is 1.89 bits per heavy atom. The lowest BCUT2D eigenvalue weighted by molar-refractivity contribution is 0.184. The summed E-state index contributed by atoms with van der Waals surface area (Å²) in [6, 6.07) is 6.02. The zero-order chi connectivity index (χ0) is 12.8. The minimum atomic E-state index is 0.338. The van der Waals surface area contributed by atoms with Gasteiger partial charge in [-0.15, -0.1) is 0 Å². The van der Waals surface area contributed by atoms with Gasteiger partial charge in [-0.05, 0) is 56.3 Å². The van der Waals surface area contributed by atoms with E-state index in [4.69, 9.17) is 22.1 Å². The molecule has 1 aromatic carbocycles. The lowest BCUT2D eigenvalue weighted by atomic mass is 10.1. The van der Waals surface area contributed by atoms with Crippen LogP contribution >= 0.6 is 11.6 Å². The summed E-state index contributed by atoms with van der Waals surface area (Å²) in [6.07, 6.45) is 8.73. The summed E-state index contributed by atoms with van der Waals surface area (Å²) in [6.45, 7) is 0.652. The van der Waals surface area contributed by atoms with Crippen LogP contribution in [0.2, 0.25) is 5.02 Å². The second kappa shape index (κ2) is 7.01. The highest BCUT2D eigenvalue weighted by Crippen LogP contribution is 2.29. The zero-order valence-electron chi connectivity index (χ0n) is 10.8. The van der Waals surface area contributed by atoms with Gasteiger partial charge >= 0.3 is 0 Å². The molecule has 0 saturated heterocycles. The first kappa shape index (κ1) is 13.7. The maximum absolute atomic E-state index is 6.26. The van der Waals surface area contributed by atoms with Gasteiger partial charge in [-0.3, -0.25) is 0 Å². The third kappa shape index (κ3) is 3.89. The predicted octanol–water partition coefficient (Wildman–Crippen LogP) is 3.94. The van der Waals surface area contributed by atoms with Crippen molar-refractivity contribution in [1.82, 2.24) is 0 Å². The molecule has 0 aromatic heterocycles. The minimum Gasteiger partial charge on any atom is -0.489 e. The second-order valence-corrected chi connectivity index (χ2v) is 5.44. The molecule has 0 atom stereocenters. The summed E-state index contributed by atoms with van der Waals surface area (Å²) >= 11 is 6.26. The van der Waals surface area contributed by atoms with Crippen LogP contribution in [0.15, 0.2) is 18.2 Å². The first-order valence-electron chi connectivity index (χ1n) is 6.95. The van der Waals surface area contributed by atoms with E-state index in [9.17, 15) is 0 Å². The molecule has 0 aliphatic heterocycles. The third-order valence-corrected chi connectivity index (χ3v) is 3.82. The molecule has 3 heteroatoms. The molecule has 1 aromatic rings. The van der Waals surface area contributed by atoms with Crippen molar-refractivity contribution in [1.29, 1.82) is 0 Å². The van der Waals surface area contributed by atoms with Gasteiger partial charge in [0, 0.05) is 0 Å². The van der Waals surface area contributed by atoms with E-state index < -0.39 is 0 Å². The molecular formula is C15H22ClNO. The maximum atomic E-state index is 6.26. The highest BCUT2D eigenvalue weighted by atomic mass is 35.5. The SMILES string of the molecule is NCCc1ccc(OC2CCCCCC2)c(Cl)c1. The predicted molar refractivity (Wildman–Crippen MR) is 76.3 cm³/mol. The largest absolute Gasteiger partial charge is 0.489 e. The monoisotopic (exact) mass is 267 g/mol. The van der Waals surface area contributed by atoms with Crippen LogP contribution < -0.4 is 10.5 Å². The number of rotatable bonds is 4. The van der Waals surface area contributed by atoms with Crippen LogP contribution in [0.1, 0.15) is 44.1 Å². The van der Waals surface area contributed by atoms with Crippen molar-refractivity contribution in [3.8, 4) is 5.75 Å². The van der Waals surface area contributed by atoms with E-state index in [-0.39, 0.29) is 0 Å². The molecule has 1 aliphatic carbocycles. The maximum Gasteiger partial charge on any atom is 0.138 e. The topological polar surface area (TPSA) is 35.2 Å². The van der Waals surface area contributed by atoms with E-state index in [0.29, 0.717) is 17.7 Å². The molecule has 1 aliphatic rings. The van der Waals surface area contributed by atoms with Crippen molar-refractivity contribution >= 4 is 11.6 Å². The lowest BCUT2D eigenvalue weighted by Gasteiger charge is -2.18. The van der Waals surface area contributed by atoms with Crippen molar-refractivity contribution in [2.75, 3.05) is 6.54 Å². The van der Waals surface area contributed by atoms with E-state index in [1.807, 2.05) is 12.1 Å². The average molecular weight is 268 g/mol. The van der Waals surface area contributed by atoms with Crippen LogP contribution in [0.5, 0.6) is 5.75 Å². The molecule has 2 N–H and O–H groups in total. The van der Waals surface area contributed by atoms with Gasteiger partial charge in [0.15, 0.2) is 0 Å². The van der Waals surface area contributed by atoms with Crippen LogP contribution in [-0.2, 0) is 6.42 Å². The van der Waals surface area contributed by atoms with Crippen molar-refractivity contribution in [2.45, 2.75) is 51.0 Å². The van der Waals surface area contributed by atoms with Crippen LogP contribution in [0, 0.1) is 0 Å². The Labute approximate surface area is 114 Å². The highest BCUT2D eigenvalue weighted by molar-refractivity contribution is 6.32. The summed E-state index contributed by atoms with van der Waals surface area (Å²) in [7, 11) is 0. The van der Waals surface area contributed by atoms with Crippen LogP contribution in [0.25, 0.3) is 0 Å². The Morgan fingerprint density at radius 1 is 1.17 bits per heavy atom. The molecule has 0 amide bonds. The fourth-order valence-electron chi connectivity index (χ4n) is 2.50. The van der Waals surface area contributed by atoms with Crippen LogP contribution in [0.3, 0.4) is 0 Å². The summed E-state index contributed by atoms with van der Waals surface area (Å²) < 4.78 is 6.04. The number of halogens is 1. The number of ether oxygens (including phenoxy) is 1. The van der Waals surface area contributed by atoms with Gasteiger partial charge in [0.05, 0.1) is 11.1 Å². The Balaban J connectivity index is 1.99. The fraction of sp³-hybridized carbons (Fsp3) is 0.600. The lowest BCUT2D eigenvalue weighted by Crippen LogP contribution is -2.15. The smallest absolute Gasteiger partial charge is 0.138 e. The Bertz CT molecular complexity index is 373. The average Bonchev–Trinajstić information content (AvgIpc) is 2.62. The summed E-state index contributed by atoms with van der Waals surface area (Å²) in [4.78, 5) is 0. The molecule has 100 valence electrons. The molecule has 0 unspecified atom stereocenters. The van der Waals surface area contributed by atoms with Crippen LogP contribution in [0.4, 0.5) is 0 Å². The van der Waals surface area contributed by atoms with Crippen molar-refractivity contribution in [3.05, 3.63) is 28.8 Å². The van der Waals surface area contributed by atoms with Crippen molar-refractivity contribution in [3.63, 3.8) is 0 Å². The van der Waals surface area contributed by atoms with E-state index in [2.05, 4.69) is 6.07 Å². The van der Waals surface area contributed by atoms with Gasteiger partial charge in [0.25, 0.3) is 0 Å². The number of hydrogen-bond donors (Lipinski definition) is 1. The van der Waals surface area contributed by atoms with E-state index in [1.54, 1.807) is 0 Å². The molecule has 0 radical (unpaired) electrons. The standard InChI is InChI=1S/C15H22ClNO/c16-14-11-12(9-10-17)7-8-15(14)18-13-5-3-1-2-4-6-13/h7-8,11,13H,1-6,9-10,17H2. The van der Waals surface area contributed by atoms with Crippen molar-refractivity contribution in [2.24, 2.45) is 5.73 Å². The second-order valence-electron chi connectivity index (χ2n) is 5.03. The quantitative estimate of drug-likeness (QED) is 0.839. The first-order chi connectivity index (χ1) is 8.79. The Hall–Kier alpha value is -0.730. The van der Waals surface area contributed by atoms with Gasteiger partial charge in [0.2, 0.25) is 0 Å². The Kier molecular flexibility index (Phi) is 5.33. The number of hydrogen-bond acceptors (Lipinski definition) is 2. The van der Waals surface area contributed by atoms with E-state index in [0.717, 1.165) is 25.0 Å². The van der Waals surface area contributed by atoms with Gasteiger partial charge in [-0.1, -0.05) is 30.5 Å². The van der Waals surface area contributed by atoms with Crippen molar-refractivity contribution < 1.29 is 4.74 Å². The molecule has 2 rings (SSSR count). The molecule has 2 nitrogen and oxygen atoms in total. The molecule has 1 fully saturated rings. The van der Waals surface area contributed by atoms with Crippen LogP contribution in [-0.4, -0.2) is 12.6 Å². The number of nitrogens with two attached hydrogens (primary N) is 1. The summed E-state index contributed by atoms with van der Waals surface area (Å²) in [5, 5.41) is 0.713. The molecule has 0 spiro atoms. The molecule has 0 bridgehead atoms. The van der Waals surface area contributed by atoms with E-state index in [1.165, 1.54) is 31.2 Å². The third-order valence-electron chi connectivity index (χ3n) is 3.53. The fourth-order valence-corrected chi connectivity index (χ4v) is 2.75. The minimum absolute atomic E-state index is 0.338. The first-order valence-corrected chi connectivity index (χ1v) is 7.32. The molecule has 0 heterocycles. The van der Waals surface area contributed by atoms with E-state index >= 15 is 0 Å². The summed E-state index contributed by atoms with van der Waals surface area (Å²) in [5.74, 6) is 0.823. The van der Waals surface area contributed by atoms with Gasteiger partial charge in [0.1, 0.15) is 5.75 Å². The van der Waals surface area contributed by atoms with Gasteiger partial charge < -0.3 is 10.5 Å². The highest BCUT2D eigenvalue weighted by Gasteiger charge is 2.15. The zero-order valence-corrected chi connectivity index (χ0v) is 11.6. The Morgan fingerprint density at radius 3 is 2.50 bits per heavy atom. The molecular weight excluding hydrogens is 246 g/mol. The van der Waals surface area contributed by atoms with Gasteiger partial charge in [-0.2, -0.15) is 0 Å². The summed E-state index contributed by atoms with van der Waals surface area (Å²) in [5.41, 5.74) is 6.72. The number of benzene rings is 1. The normalized spacial score (nSPS) is 17.4. The molecule has 18 heavy (non-hydrogen) atoms. The molecule has 1 saturated carbocycles.